The van der Waals surface area contributed by atoms with Crippen molar-refractivity contribution in [2.45, 2.75) is 20.3 Å². The SMILES string of the molecule is CCC=C=C(c1ccccc1)C(COC)C(C)=O. The van der Waals surface area contributed by atoms with Gasteiger partial charge in [-0.05, 0) is 25.0 Å². The summed E-state index contributed by atoms with van der Waals surface area (Å²) in [5.74, 6) is -0.145. The summed E-state index contributed by atoms with van der Waals surface area (Å²) in [7, 11) is 1.61. The Bertz CT molecular complexity index is 439. The van der Waals surface area contributed by atoms with Crippen molar-refractivity contribution in [3.63, 3.8) is 0 Å². The first kappa shape index (κ1) is 14.4. The molecule has 0 aliphatic heterocycles. The minimum Gasteiger partial charge on any atom is -0.384 e. The predicted octanol–water partition coefficient (Wildman–Crippen LogP) is 3.49. The van der Waals surface area contributed by atoms with Crippen molar-refractivity contribution in [2.24, 2.45) is 5.92 Å². The molecule has 0 aromatic heterocycles. The van der Waals surface area contributed by atoms with Gasteiger partial charge in [-0.1, -0.05) is 37.3 Å². The lowest BCUT2D eigenvalue weighted by atomic mass is 9.90. The van der Waals surface area contributed by atoms with Gasteiger partial charge in [-0.15, -0.1) is 5.73 Å². The van der Waals surface area contributed by atoms with Crippen LogP contribution in [0.1, 0.15) is 25.8 Å². The summed E-state index contributed by atoms with van der Waals surface area (Å²) in [5.41, 5.74) is 5.18. The first-order valence-corrected chi connectivity index (χ1v) is 6.20. The van der Waals surface area contributed by atoms with Crippen molar-refractivity contribution >= 4 is 11.4 Å². The quantitative estimate of drug-likeness (QED) is 0.716. The van der Waals surface area contributed by atoms with Crippen molar-refractivity contribution < 1.29 is 9.53 Å². The van der Waals surface area contributed by atoms with Crippen LogP contribution in [0.15, 0.2) is 42.1 Å². The summed E-state index contributed by atoms with van der Waals surface area (Å²) in [4.78, 5) is 11.8. The Morgan fingerprint density at radius 3 is 2.56 bits per heavy atom. The van der Waals surface area contributed by atoms with E-state index in [1.54, 1.807) is 14.0 Å². The fourth-order valence-electron chi connectivity index (χ4n) is 1.79. The number of hydrogen-bond acceptors (Lipinski definition) is 2. The van der Waals surface area contributed by atoms with Gasteiger partial charge in [0.25, 0.3) is 0 Å². The van der Waals surface area contributed by atoms with Crippen molar-refractivity contribution in [1.82, 2.24) is 0 Å². The second-order valence-electron chi connectivity index (χ2n) is 4.15. The van der Waals surface area contributed by atoms with Crippen LogP contribution in [0, 0.1) is 5.92 Å². The van der Waals surface area contributed by atoms with Gasteiger partial charge in [0.2, 0.25) is 0 Å². The molecule has 1 rings (SSSR count). The highest BCUT2D eigenvalue weighted by atomic mass is 16.5. The molecule has 0 aliphatic carbocycles. The topological polar surface area (TPSA) is 26.3 Å². The van der Waals surface area contributed by atoms with Crippen LogP contribution in [0.5, 0.6) is 0 Å². The molecule has 0 heterocycles. The zero-order valence-corrected chi connectivity index (χ0v) is 11.3. The molecule has 96 valence electrons. The second kappa shape index (κ2) is 7.65. The Labute approximate surface area is 109 Å². The molecule has 0 radical (unpaired) electrons. The Balaban J connectivity index is 3.21. The molecular weight excluding hydrogens is 224 g/mol. The van der Waals surface area contributed by atoms with E-state index in [0.717, 1.165) is 17.6 Å². The molecule has 18 heavy (non-hydrogen) atoms. The van der Waals surface area contributed by atoms with Crippen molar-refractivity contribution in [3.05, 3.63) is 47.7 Å². The molecular formula is C16H20O2. The third-order valence-corrected chi connectivity index (χ3v) is 2.72. The third-order valence-electron chi connectivity index (χ3n) is 2.72. The van der Waals surface area contributed by atoms with Crippen LogP contribution in [0.25, 0.3) is 5.57 Å². The molecule has 0 saturated heterocycles. The van der Waals surface area contributed by atoms with Gasteiger partial charge < -0.3 is 4.74 Å². The number of benzene rings is 1. The monoisotopic (exact) mass is 244 g/mol. The van der Waals surface area contributed by atoms with Gasteiger partial charge in [-0.2, -0.15) is 0 Å². The van der Waals surface area contributed by atoms with Crippen LogP contribution in [0.2, 0.25) is 0 Å². The number of carbonyl (C=O) groups excluding carboxylic acids is 1. The lowest BCUT2D eigenvalue weighted by Gasteiger charge is -2.15. The smallest absolute Gasteiger partial charge is 0.140 e. The van der Waals surface area contributed by atoms with Crippen molar-refractivity contribution in [3.8, 4) is 0 Å². The van der Waals surface area contributed by atoms with Gasteiger partial charge in [0.1, 0.15) is 5.78 Å². The summed E-state index contributed by atoms with van der Waals surface area (Å²) in [6.07, 6.45) is 2.85. The fraction of sp³-hybridized carbons (Fsp3) is 0.375. The van der Waals surface area contributed by atoms with Gasteiger partial charge >= 0.3 is 0 Å². The van der Waals surface area contributed by atoms with E-state index in [9.17, 15) is 4.79 Å². The number of hydrogen-bond donors (Lipinski definition) is 0. The molecule has 1 aromatic rings. The fourth-order valence-corrected chi connectivity index (χ4v) is 1.79. The summed E-state index contributed by atoms with van der Waals surface area (Å²) < 4.78 is 5.15. The largest absolute Gasteiger partial charge is 0.384 e. The van der Waals surface area contributed by atoms with E-state index in [2.05, 4.69) is 12.7 Å². The third kappa shape index (κ3) is 3.99. The van der Waals surface area contributed by atoms with Crippen LogP contribution < -0.4 is 0 Å². The molecule has 0 aliphatic rings. The van der Waals surface area contributed by atoms with E-state index in [4.69, 9.17) is 4.74 Å². The normalized spacial score (nSPS) is 11.5. The van der Waals surface area contributed by atoms with Gasteiger partial charge in [0.15, 0.2) is 0 Å². The summed E-state index contributed by atoms with van der Waals surface area (Å²) in [5, 5.41) is 0. The van der Waals surface area contributed by atoms with E-state index < -0.39 is 0 Å². The summed E-state index contributed by atoms with van der Waals surface area (Å²) in [6.45, 7) is 4.04. The Hall–Kier alpha value is -1.63. The maximum Gasteiger partial charge on any atom is 0.140 e. The average Bonchev–Trinajstić information content (AvgIpc) is 2.39. The Morgan fingerprint density at radius 2 is 2.06 bits per heavy atom. The minimum atomic E-state index is -0.250. The van der Waals surface area contributed by atoms with E-state index in [0.29, 0.717) is 6.61 Å². The molecule has 1 atom stereocenters. The van der Waals surface area contributed by atoms with E-state index in [1.807, 2.05) is 36.4 Å². The number of ketones is 1. The molecule has 2 heteroatoms. The van der Waals surface area contributed by atoms with Crippen LogP contribution in [0.3, 0.4) is 0 Å². The average molecular weight is 244 g/mol. The first-order chi connectivity index (χ1) is 8.70. The highest BCUT2D eigenvalue weighted by Gasteiger charge is 2.20. The van der Waals surface area contributed by atoms with Gasteiger partial charge in [-0.3, -0.25) is 4.79 Å². The molecule has 0 N–H and O–H groups in total. The number of methoxy groups -OCH3 is 1. The molecule has 0 saturated carbocycles. The first-order valence-electron chi connectivity index (χ1n) is 6.20. The lowest BCUT2D eigenvalue weighted by molar-refractivity contribution is -0.120. The maximum absolute atomic E-state index is 11.8. The summed E-state index contributed by atoms with van der Waals surface area (Å²) >= 11 is 0. The van der Waals surface area contributed by atoms with E-state index in [1.165, 1.54) is 0 Å². The highest BCUT2D eigenvalue weighted by molar-refractivity contribution is 5.91. The number of Topliss-reactive ketones (excluding diaryl/α,β-unsaturated/α-hetero) is 1. The zero-order valence-electron chi connectivity index (χ0n) is 11.3. The van der Waals surface area contributed by atoms with Crippen molar-refractivity contribution in [1.29, 1.82) is 0 Å². The van der Waals surface area contributed by atoms with Crippen LogP contribution in [-0.2, 0) is 9.53 Å². The number of ether oxygens (including phenoxy) is 1. The van der Waals surface area contributed by atoms with Crippen LogP contribution in [-0.4, -0.2) is 19.5 Å². The van der Waals surface area contributed by atoms with E-state index >= 15 is 0 Å². The standard InChI is InChI=1S/C16H20O2/c1-4-5-11-15(14-9-7-6-8-10-14)16(12-18-3)13(2)17/h5-10,16H,4,12H2,1-3H3. The number of rotatable bonds is 6. The molecule has 0 fully saturated rings. The Kier molecular flexibility index (Phi) is 6.13. The van der Waals surface area contributed by atoms with E-state index in [-0.39, 0.29) is 11.7 Å². The number of carbonyl (C=O) groups is 1. The van der Waals surface area contributed by atoms with Crippen molar-refractivity contribution in [2.75, 3.05) is 13.7 Å². The maximum atomic E-state index is 11.8. The molecule has 1 unspecified atom stereocenters. The minimum absolute atomic E-state index is 0.104. The lowest BCUT2D eigenvalue weighted by Crippen LogP contribution is -2.18. The van der Waals surface area contributed by atoms with Gasteiger partial charge in [0.05, 0.1) is 12.5 Å². The second-order valence-corrected chi connectivity index (χ2v) is 4.15. The summed E-state index contributed by atoms with van der Waals surface area (Å²) in [6, 6.07) is 9.89. The zero-order chi connectivity index (χ0) is 13.4. The van der Waals surface area contributed by atoms with Gasteiger partial charge in [-0.25, -0.2) is 0 Å². The predicted molar refractivity (Wildman–Crippen MR) is 74.3 cm³/mol. The molecule has 0 amide bonds. The molecule has 2 nitrogen and oxygen atoms in total. The Morgan fingerprint density at radius 1 is 1.39 bits per heavy atom. The molecule has 0 bridgehead atoms. The molecule has 0 spiro atoms. The van der Waals surface area contributed by atoms with Gasteiger partial charge in [0, 0.05) is 12.7 Å². The molecule has 1 aromatic carbocycles. The highest BCUT2D eigenvalue weighted by Crippen LogP contribution is 2.23. The van der Waals surface area contributed by atoms with Crippen LogP contribution >= 0.6 is 0 Å². The van der Waals surface area contributed by atoms with Crippen LogP contribution in [0.4, 0.5) is 0 Å².